The van der Waals surface area contributed by atoms with Gasteiger partial charge in [-0.15, -0.1) is 0 Å². The first kappa shape index (κ1) is 21.7. The molecule has 1 fully saturated rings. The van der Waals surface area contributed by atoms with E-state index in [4.69, 9.17) is 9.47 Å². The molecule has 25 heavy (non-hydrogen) atoms. The number of ether oxygens (including phenoxy) is 2. The van der Waals surface area contributed by atoms with Gasteiger partial charge < -0.3 is 25.0 Å². The van der Waals surface area contributed by atoms with E-state index in [2.05, 4.69) is 36.4 Å². The van der Waals surface area contributed by atoms with Gasteiger partial charge in [-0.25, -0.2) is 4.99 Å². The van der Waals surface area contributed by atoms with Gasteiger partial charge >= 0.3 is 0 Å². The van der Waals surface area contributed by atoms with Crippen LogP contribution in [0.5, 0.6) is 0 Å². The fourth-order valence-corrected chi connectivity index (χ4v) is 2.66. The number of carbonyl (C=O) groups excluding carboxylic acids is 1. The van der Waals surface area contributed by atoms with Gasteiger partial charge in [0.05, 0.1) is 12.7 Å². The first-order valence-electron chi connectivity index (χ1n) is 9.18. The van der Waals surface area contributed by atoms with Gasteiger partial charge in [-0.3, -0.25) is 4.79 Å². The predicted molar refractivity (Wildman–Crippen MR) is 101 cm³/mol. The van der Waals surface area contributed by atoms with Crippen molar-refractivity contribution in [2.24, 2.45) is 10.4 Å². The van der Waals surface area contributed by atoms with Crippen LogP contribution in [0.4, 0.5) is 0 Å². The van der Waals surface area contributed by atoms with E-state index < -0.39 is 0 Å². The van der Waals surface area contributed by atoms with Crippen LogP contribution >= 0.6 is 0 Å². The number of aliphatic imine (C=N–C) groups is 1. The van der Waals surface area contributed by atoms with Gasteiger partial charge in [-0.1, -0.05) is 27.2 Å². The van der Waals surface area contributed by atoms with Crippen LogP contribution in [0.2, 0.25) is 0 Å². The molecule has 2 unspecified atom stereocenters. The zero-order valence-electron chi connectivity index (χ0n) is 16.7. The summed E-state index contributed by atoms with van der Waals surface area (Å²) >= 11 is 0. The minimum absolute atomic E-state index is 0.0264. The Kier molecular flexibility index (Phi) is 9.21. The predicted octanol–water partition coefficient (Wildman–Crippen LogP) is 1.24. The Hall–Kier alpha value is -1.34. The average Bonchev–Trinajstić information content (AvgIpc) is 2.57. The van der Waals surface area contributed by atoms with E-state index in [1.807, 2.05) is 0 Å². The summed E-state index contributed by atoms with van der Waals surface area (Å²) in [7, 11) is 5.13. The van der Waals surface area contributed by atoms with Crippen molar-refractivity contribution in [3.8, 4) is 0 Å². The molecule has 2 N–H and O–H groups in total. The minimum Gasteiger partial charge on any atom is -0.383 e. The second-order valence-corrected chi connectivity index (χ2v) is 7.34. The molecular formula is C18H36N4O3. The number of methoxy groups -OCH3 is 1. The quantitative estimate of drug-likeness (QED) is 0.350. The molecule has 1 aliphatic rings. The minimum atomic E-state index is -0.0264. The van der Waals surface area contributed by atoms with Crippen LogP contribution < -0.4 is 10.6 Å². The Morgan fingerprint density at radius 3 is 2.60 bits per heavy atom. The van der Waals surface area contributed by atoms with Gasteiger partial charge in [0.2, 0.25) is 5.91 Å². The van der Waals surface area contributed by atoms with Crippen molar-refractivity contribution in [3.05, 3.63) is 0 Å². The Balaban J connectivity index is 2.58. The van der Waals surface area contributed by atoms with Crippen molar-refractivity contribution in [3.63, 3.8) is 0 Å². The lowest BCUT2D eigenvalue weighted by Gasteiger charge is -2.52. The molecule has 0 bridgehead atoms. The van der Waals surface area contributed by atoms with Crippen LogP contribution in [0, 0.1) is 5.41 Å². The van der Waals surface area contributed by atoms with Crippen molar-refractivity contribution in [1.29, 1.82) is 0 Å². The van der Waals surface area contributed by atoms with E-state index in [0.29, 0.717) is 19.1 Å². The topological polar surface area (TPSA) is 75.2 Å². The summed E-state index contributed by atoms with van der Waals surface area (Å²) in [6.07, 6.45) is 3.46. The van der Waals surface area contributed by atoms with Crippen LogP contribution in [0.3, 0.4) is 0 Å². The maximum Gasteiger partial charge on any atom is 0.243 e. The molecule has 0 radical (unpaired) electrons. The lowest BCUT2D eigenvalue weighted by molar-refractivity contribution is -0.127. The zero-order chi connectivity index (χ0) is 18.9. The van der Waals surface area contributed by atoms with E-state index in [9.17, 15) is 4.79 Å². The maximum absolute atomic E-state index is 11.8. The summed E-state index contributed by atoms with van der Waals surface area (Å²) in [5.74, 6) is 0.624. The zero-order valence-corrected chi connectivity index (χ0v) is 16.7. The Morgan fingerprint density at radius 2 is 2.04 bits per heavy atom. The molecule has 1 saturated carbocycles. The van der Waals surface area contributed by atoms with Gasteiger partial charge in [0.15, 0.2) is 5.96 Å². The second-order valence-electron chi connectivity index (χ2n) is 7.34. The van der Waals surface area contributed by atoms with Gasteiger partial charge in [0, 0.05) is 45.8 Å². The van der Waals surface area contributed by atoms with Crippen LogP contribution in [0.1, 0.15) is 40.0 Å². The van der Waals surface area contributed by atoms with Crippen LogP contribution in [-0.2, 0) is 14.3 Å². The molecule has 7 heteroatoms. The highest BCUT2D eigenvalue weighted by atomic mass is 16.5. The van der Waals surface area contributed by atoms with E-state index in [1.165, 1.54) is 0 Å². The van der Waals surface area contributed by atoms with E-state index >= 15 is 0 Å². The third kappa shape index (κ3) is 6.82. The number of hydrogen-bond donors (Lipinski definition) is 2. The summed E-state index contributed by atoms with van der Waals surface area (Å²) in [4.78, 5) is 17.7. The molecule has 2 atom stereocenters. The molecule has 0 heterocycles. The molecular weight excluding hydrogens is 320 g/mol. The van der Waals surface area contributed by atoms with Crippen LogP contribution in [0.15, 0.2) is 4.99 Å². The number of guanidine groups is 1. The molecule has 146 valence electrons. The molecule has 0 aliphatic heterocycles. The highest BCUT2D eigenvalue weighted by molar-refractivity contribution is 5.85. The Morgan fingerprint density at radius 1 is 1.32 bits per heavy atom. The number of rotatable bonds is 10. The maximum atomic E-state index is 11.8. The number of amides is 1. The SMILES string of the molecule is CCCCOC1CC(NC(=NCC(=O)N(C)C)NCCOC)C1(C)C. The number of hydrogen-bond acceptors (Lipinski definition) is 4. The molecule has 0 aromatic rings. The molecule has 0 aromatic heterocycles. The number of carbonyl (C=O) groups is 1. The Bertz CT molecular complexity index is 438. The van der Waals surface area contributed by atoms with Gasteiger partial charge in [0.25, 0.3) is 0 Å². The van der Waals surface area contributed by atoms with Gasteiger partial charge in [0.1, 0.15) is 6.54 Å². The van der Waals surface area contributed by atoms with Crippen molar-refractivity contribution in [2.75, 3.05) is 47.5 Å². The molecule has 1 amide bonds. The van der Waals surface area contributed by atoms with Crippen molar-refractivity contribution in [2.45, 2.75) is 52.2 Å². The van der Waals surface area contributed by atoms with Crippen LogP contribution in [-0.4, -0.2) is 76.4 Å². The summed E-state index contributed by atoms with van der Waals surface area (Å²) in [6, 6.07) is 0.266. The Labute approximate surface area is 152 Å². The first-order chi connectivity index (χ1) is 11.8. The number of nitrogens with one attached hydrogen (secondary N) is 2. The standard InChI is InChI=1S/C18H36N4O3/c1-7-8-10-25-15-12-14(18(15,2)3)21-17(19-9-11-24-6)20-13-16(23)22(4)5/h14-15H,7-13H2,1-6H3,(H2,19,20,21). The molecule has 0 aromatic carbocycles. The number of likely N-dealkylation sites (N-methyl/N-ethyl adjacent to an activating group) is 1. The normalized spacial score (nSPS) is 22.2. The summed E-state index contributed by atoms with van der Waals surface area (Å²) in [6.45, 7) is 8.76. The van der Waals surface area contributed by atoms with Gasteiger partial charge in [-0.2, -0.15) is 0 Å². The smallest absolute Gasteiger partial charge is 0.243 e. The molecule has 1 rings (SSSR count). The fourth-order valence-electron chi connectivity index (χ4n) is 2.66. The average molecular weight is 357 g/mol. The van der Waals surface area contributed by atoms with E-state index in [-0.39, 0.29) is 30.0 Å². The fraction of sp³-hybridized carbons (Fsp3) is 0.889. The van der Waals surface area contributed by atoms with Crippen molar-refractivity contribution >= 4 is 11.9 Å². The first-order valence-corrected chi connectivity index (χ1v) is 9.18. The molecule has 1 aliphatic carbocycles. The lowest BCUT2D eigenvalue weighted by Crippen LogP contribution is -2.63. The molecule has 0 saturated heterocycles. The van der Waals surface area contributed by atoms with E-state index in [0.717, 1.165) is 25.9 Å². The number of nitrogens with zero attached hydrogens (tertiary/aromatic N) is 2. The monoisotopic (exact) mass is 356 g/mol. The van der Waals surface area contributed by atoms with Crippen LogP contribution in [0.25, 0.3) is 0 Å². The highest BCUT2D eigenvalue weighted by Crippen LogP contribution is 2.42. The largest absolute Gasteiger partial charge is 0.383 e. The third-order valence-corrected chi connectivity index (χ3v) is 4.78. The summed E-state index contributed by atoms with van der Waals surface area (Å²) in [5, 5.41) is 6.67. The van der Waals surface area contributed by atoms with Gasteiger partial charge in [-0.05, 0) is 12.8 Å². The van der Waals surface area contributed by atoms with E-state index in [1.54, 1.807) is 26.1 Å². The summed E-state index contributed by atoms with van der Waals surface area (Å²) in [5.41, 5.74) is 0.0308. The van der Waals surface area contributed by atoms with Crippen molar-refractivity contribution < 1.29 is 14.3 Å². The molecule has 0 spiro atoms. The highest BCUT2D eigenvalue weighted by Gasteiger charge is 2.49. The molecule has 7 nitrogen and oxygen atoms in total. The second kappa shape index (κ2) is 10.6. The third-order valence-electron chi connectivity index (χ3n) is 4.78. The lowest BCUT2D eigenvalue weighted by atomic mass is 9.64. The summed E-state index contributed by atoms with van der Waals surface area (Å²) < 4.78 is 11.1. The number of unbranched alkanes of at least 4 members (excludes halogenated alkanes) is 1. The van der Waals surface area contributed by atoms with Crippen molar-refractivity contribution in [1.82, 2.24) is 15.5 Å².